The third-order valence-corrected chi connectivity index (χ3v) is 3.73. The highest BCUT2D eigenvalue weighted by atomic mass is 16.2. The number of carbonyl (C=O) groups excluding carboxylic acids is 1. The van der Waals surface area contributed by atoms with Crippen LogP contribution in [-0.2, 0) is 18.4 Å². The van der Waals surface area contributed by atoms with Gasteiger partial charge in [0.2, 0.25) is 5.91 Å². The van der Waals surface area contributed by atoms with Crippen molar-refractivity contribution >= 4 is 11.7 Å². The van der Waals surface area contributed by atoms with Crippen LogP contribution in [0, 0.1) is 12.8 Å². The smallest absolute Gasteiger partial charge is 0.239 e. The fraction of sp³-hybridized carbons (Fsp3) is 0.733. The molecule has 0 bridgehead atoms. The van der Waals surface area contributed by atoms with Gasteiger partial charge in [-0.3, -0.25) is 9.48 Å². The summed E-state index contributed by atoms with van der Waals surface area (Å²) in [6.07, 6.45) is 0.967. The average Bonchev–Trinajstić information content (AvgIpc) is 2.57. The largest absolute Gasteiger partial charge is 0.354 e. The lowest BCUT2D eigenvalue weighted by molar-refractivity contribution is -0.119. The number of hydrogen-bond acceptors (Lipinski definition) is 4. The molecule has 6 heteroatoms. The van der Waals surface area contributed by atoms with Crippen molar-refractivity contribution in [2.75, 3.05) is 31.1 Å². The molecule has 0 radical (unpaired) electrons. The molecule has 0 spiro atoms. The first-order chi connectivity index (χ1) is 9.99. The van der Waals surface area contributed by atoms with Gasteiger partial charge in [-0.1, -0.05) is 13.8 Å². The average molecular weight is 293 g/mol. The summed E-state index contributed by atoms with van der Waals surface area (Å²) in [5.74, 6) is 1.78. The molecule has 1 aromatic heterocycles. The number of nitrogens with one attached hydrogen (secondary N) is 2. The Kier molecular flexibility index (Phi) is 5.22. The fourth-order valence-corrected chi connectivity index (χ4v) is 2.76. The van der Waals surface area contributed by atoms with Crippen LogP contribution >= 0.6 is 0 Å². The molecule has 0 saturated carbocycles. The molecule has 2 heterocycles. The normalized spacial score (nSPS) is 16.2. The van der Waals surface area contributed by atoms with Gasteiger partial charge in [0, 0.05) is 32.2 Å². The summed E-state index contributed by atoms with van der Waals surface area (Å²) in [7, 11) is 1.96. The van der Waals surface area contributed by atoms with E-state index in [2.05, 4.69) is 34.5 Å². The van der Waals surface area contributed by atoms with Crippen LogP contribution in [0.15, 0.2) is 0 Å². The van der Waals surface area contributed by atoms with E-state index in [1.165, 1.54) is 5.56 Å². The predicted octanol–water partition coefficient (Wildman–Crippen LogP) is 0.800. The molecule has 6 nitrogen and oxygen atoms in total. The highest BCUT2D eigenvalue weighted by Crippen LogP contribution is 2.24. The number of rotatable bonds is 5. The second kappa shape index (κ2) is 6.93. The number of hydrogen-bond donors (Lipinski definition) is 2. The van der Waals surface area contributed by atoms with Gasteiger partial charge in [-0.05, 0) is 25.8 Å². The Labute approximate surface area is 126 Å². The van der Waals surface area contributed by atoms with Crippen LogP contribution in [0.1, 0.15) is 31.5 Å². The monoisotopic (exact) mass is 293 g/mol. The first-order valence-electron chi connectivity index (χ1n) is 7.74. The number of aryl methyl sites for hydroxylation is 2. The molecule has 1 fully saturated rings. The lowest BCUT2D eigenvalue weighted by atomic mass is 10.2. The molecule has 1 aliphatic heterocycles. The standard InChI is InChI=1S/C15H27N5O/c1-11(2)8-16-9-13-12(3)18-19(4)15(13)20-7-5-6-17-14(21)10-20/h11,16H,5-10H2,1-4H3,(H,17,21). The molecular formula is C15H27N5O. The second-order valence-corrected chi connectivity index (χ2v) is 6.16. The molecule has 1 saturated heterocycles. The number of nitrogens with zero attached hydrogens (tertiary/aromatic N) is 3. The summed E-state index contributed by atoms with van der Waals surface area (Å²) in [5.41, 5.74) is 2.24. The first-order valence-corrected chi connectivity index (χ1v) is 7.74. The Bertz CT molecular complexity index is 494. The molecule has 1 amide bonds. The summed E-state index contributed by atoms with van der Waals surface area (Å²) in [5, 5.41) is 10.9. The fourth-order valence-electron chi connectivity index (χ4n) is 2.76. The van der Waals surface area contributed by atoms with E-state index in [0.717, 1.165) is 44.1 Å². The van der Waals surface area contributed by atoms with Gasteiger partial charge in [-0.2, -0.15) is 5.10 Å². The molecule has 1 aromatic rings. The van der Waals surface area contributed by atoms with Crippen molar-refractivity contribution in [3.05, 3.63) is 11.3 Å². The van der Waals surface area contributed by atoms with Gasteiger partial charge in [0.05, 0.1) is 12.2 Å². The third-order valence-electron chi connectivity index (χ3n) is 3.73. The SMILES string of the molecule is Cc1nn(C)c(N2CCCNC(=O)C2)c1CNCC(C)C. The first kappa shape index (κ1) is 15.8. The van der Waals surface area contributed by atoms with E-state index in [1.807, 2.05) is 18.7 Å². The highest BCUT2D eigenvalue weighted by molar-refractivity contribution is 5.81. The van der Waals surface area contributed by atoms with Crippen LogP contribution in [-0.4, -0.2) is 41.9 Å². The van der Waals surface area contributed by atoms with Crippen molar-refractivity contribution in [3.63, 3.8) is 0 Å². The van der Waals surface area contributed by atoms with E-state index in [9.17, 15) is 4.79 Å². The molecule has 0 unspecified atom stereocenters. The Balaban J connectivity index is 2.18. The van der Waals surface area contributed by atoms with Crippen LogP contribution in [0.5, 0.6) is 0 Å². The minimum atomic E-state index is 0.0902. The quantitative estimate of drug-likeness (QED) is 0.843. The van der Waals surface area contributed by atoms with Crippen LogP contribution in [0.25, 0.3) is 0 Å². The number of carbonyl (C=O) groups is 1. The number of anilines is 1. The van der Waals surface area contributed by atoms with Gasteiger partial charge in [0.25, 0.3) is 0 Å². The van der Waals surface area contributed by atoms with E-state index < -0.39 is 0 Å². The third kappa shape index (κ3) is 3.97. The molecule has 118 valence electrons. The van der Waals surface area contributed by atoms with Crippen LogP contribution < -0.4 is 15.5 Å². The molecule has 2 N–H and O–H groups in total. The Hall–Kier alpha value is -1.56. The lowest BCUT2D eigenvalue weighted by Crippen LogP contribution is -2.35. The molecule has 2 rings (SSSR count). The summed E-state index contributed by atoms with van der Waals surface area (Å²) in [6.45, 7) is 10.3. The van der Waals surface area contributed by atoms with E-state index in [4.69, 9.17) is 0 Å². The van der Waals surface area contributed by atoms with Crippen LogP contribution in [0.2, 0.25) is 0 Å². The number of aromatic nitrogens is 2. The molecule has 0 atom stereocenters. The maximum absolute atomic E-state index is 11.8. The predicted molar refractivity (Wildman–Crippen MR) is 84.3 cm³/mol. The van der Waals surface area contributed by atoms with E-state index >= 15 is 0 Å². The van der Waals surface area contributed by atoms with Crippen molar-refractivity contribution in [3.8, 4) is 0 Å². The molecule has 21 heavy (non-hydrogen) atoms. The van der Waals surface area contributed by atoms with Gasteiger partial charge >= 0.3 is 0 Å². The zero-order valence-electron chi connectivity index (χ0n) is 13.6. The van der Waals surface area contributed by atoms with Gasteiger partial charge in [0.15, 0.2) is 0 Å². The van der Waals surface area contributed by atoms with E-state index in [-0.39, 0.29) is 5.91 Å². The zero-order valence-corrected chi connectivity index (χ0v) is 13.6. The molecule has 0 aromatic carbocycles. The minimum Gasteiger partial charge on any atom is -0.354 e. The maximum atomic E-state index is 11.8. The lowest BCUT2D eigenvalue weighted by Gasteiger charge is -2.23. The van der Waals surface area contributed by atoms with Crippen LogP contribution in [0.4, 0.5) is 5.82 Å². The van der Waals surface area contributed by atoms with Crippen molar-refractivity contribution in [1.29, 1.82) is 0 Å². The highest BCUT2D eigenvalue weighted by Gasteiger charge is 2.22. The Morgan fingerprint density at radius 1 is 1.43 bits per heavy atom. The van der Waals surface area contributed by atoms with Crippen molar-refractivity contribution in [2.24, 2.45) is 13.0 Å². The van der Waals surface area contributed by atoms with Crippen molar-refractivity contribution in [1.82, 2.24) is 20.4 Å². The minimum absolute atomic E-state index is 0.0902. The molecule has 0 aliphatic carbocycles. The van der Waals surface area contributed by atoms with Gasteiger partial charge < -0.3 is 15.5 Å². The second-order valence-electron chi connectivity index (χ2n) is 6.16. The van der Waals surface area contributed by atoms with Gasteiger partial charge in [-0.15, -0.1) is 0 Å². The topological polar surface area (TPSA) is 62.2 Å². The van der Waals surface area contributed by atoms with Gasteiger partial charge in [-0.25, -0.2) is 0 Å². The van der Waals surface area contributed by atoms with Crippen molar-refractivity contribution in [2.45, 2.75) is 33.7 Å². The molecule has 1 aliphatic rings. The van der Waals surface area contributed by atoms with Crippen LogP contribution in [0.3, 0.4) is 0 Å². The summed E-state index contributed by atoms with van der Waals surface area (Å²) < 4.78 is 1.90. The van der Waals surface area contributed by atoms with Crippen molar-refractivity contribution < 1.29 is 4.79 Å². The van der Waals surface area contributed by atoms with E-state index in [0.29, 0.717) is 12.5 Å². The van der Waals surface area contributed by atoms with Gasteiger partial charge in [0.1, 0.15) is 5.82 Å². The summed E-state index contributed by atoms with van der Waals surface area (Å²) in [6, 6.07) is 0. The molecular weight excluding hydrogens is 266 g/mol. The Morgan fingerprint density at radius 3 is 2.90 bits per heavy atom. The summed E-state index contributed by atoms with van der Waals surface area (Å²) >= 11 is 0. The maximum Gasteiger partial charge on any atom is 0.239 e. The zero-order chi connectivity index (χ0) is 15.4. The summed E-state index contributed by atoms with van der Waals surface area (Å²) in [4.78, 5) is 13.9. The Morgan fingerprint density at radius 2 is 2.19 bits per heavy atom. The van der Waals surface area contributed by atoms with E-state index in [1.54, 1.807) is 0 Å². The number of amides is 1.